The largest absolute Gasteiger partial charge is 1.00 e. The van der Waals surface area contributed by atoms with Gasteiger partial charge in [-0.2, -0.15) is 0 Å². The van der Waals surface area contributed by atoms with Gasteiger partial charge >= 0.3 is 46.2 Å². The minimum absolute atomic E-state index is 0. The average molecular weight is 1210 g/mol. The lowest BCUT2D eigenvalue weighted by atomic mass is 10.4. The summed E-state index contributed by atoms with van der Waals surface area (Å²) < 4.78 is 61.8. The Balaban J connectivity index is -0.000000601. The lowest BCUT2D eigenvalue weighted by molar-refractivity contribution is -0.908. The van der Waals surface area contributed by atoms with E-state index in [-0.39, 0.29) is 50.4 Å². The molecule has 0 spiro atoms. The SMILES string of the molecule is C=C(C)C(=O)OCCOCCC[Si](C)(C)O[Si](C)(C)O[Si](C)(C)O[Si](C)(C)CCCN(C)C.C=C(C)C(=O)OCCOCCC[Si](C)(C)O[Si](C)(C)O[Si](C)(C)O[Si](C)(C)CCC[N+](C)(C)CO.OCCl.[Cl-]. The molecule has 0 bridgehead atoms. The summed E-state index contributed by atoms with van der Waals surface area (Å²) in [5.74, 6) is -0.753. The molecule has 432 valence electrons. The number of rotatable bonds is 37. The Morgan fingerprint density at radius 3 is 1.04 bits per heavy atom. The van der Waals surface area contributed by atoms with Crippen molar-refractivity contribution in [2.75, 3.05) is 93.7 Å². The molecule has 72 heavy (non-hydrogen) atoms. The number of aliphatic hydroxyl groups is 2. The fourth-order valence-corrected chi connectivity index (χ4v) is 46.6. The van der Waals surface area contributed by atoms with Crippen molar-refractivity contribution in [3.05, 3.63) is 24.3 Å². The maximum Gasteiger partial charge on any atom is 0.333 e. The highest BCUT2D eigenvalue weighted by Gasteiger charge is 2.45. The molecular formula is C46H108Cl2N2O14Si8. The molecular weight excluding hydrogens is 1100 g/mol. The number of carbonyl (C=O) groups is 2. The van der Waals surface area contributed by atoms with Gasteiger partial charge in [-0.1, -0.05) is 24.8 Å². The highest BCUT2D eigenvalue weighted by Crippen LogP contribution is 2.29. The van der Waals surface area contributed by atoms with E-state index in [2.05, 4.69) is 149 Å². The number of hydrogen-bond acceptors (Lipinski definition) is 15. The Bertz CT molecular complexity index is 1530. The Labute approximate surface area is 460 Å². The van der Waals surface area contributed by atoms with E-state index in [1.54, 1.807) is 13.8 Å². The Hall–Kier alpha value is 0.255. The van der Waals surface area contributed by atoms with Crippen LogP contribution in [0, 0.1) is 0 Å². The van der Waals surface area contributed by atoms with Crippen LogP contribution in [0.25, 0.3) is 0 Å². The number of hydrogen-bond donors (Lipinski definition) is 2. The minimum atomic E-state index is -2.37. The van der Waals surface area contributed by atoms with Crippen molar-refractivity contribution < 1.29 is 80.3 Å². The van der Waals surface area contributed by atoms with Gasteiger partial charge in [0.15, 0.2) is 40.0 Å². The second kappa shape index (κ2) is 37.2. The zero-order valence-electron chi connectivity index (χ0n) is 49.6. The molecule has 0 aliphatic heterocycles. The highest BCUT2D eigenvalue weighted by atomic mass is 35.5. The van der Waals surface area contributed by atoms with E-state index in [9.17, 15) is 14.7 Å². The highest BCUT2D eigenvalue weighted by molar-refractivity contribution is 6.90. The molecule has 0 heterocycles. The molecule has 26 heteroatoms. The first kappa shape index (κ1) is 78.7. The summed E-state index contributed by atoms with van der Waals surface area (Å²) in [4.78, 5) is 24.9. The number of halogens is 2. The van der Waals surface area contributed by atoms with E-state index in [1.165, 1.54) is 0 Å². The van der Waals surface area contributed by atoms with Gasteiger partial charge in [0.1, 0.15) is 19.3 Å². The fourth-order valence-electron chi connectivity index (χ4n) is 7.99. The van der Waals surface area contributed by atoms with Crippen LogP contribution in [0.3, 0.4) is 0 Å². The van der Waals surface area contributed by atoms with E-state index in [1.807, 2.05) is 14.1 Å². The van der Waals surface area contributed by atoms with Crippen molar-refractivity contribution in [3.8, 4) is 0 Å². The van der Waals surface area contributed by atoms with Crippen LogP contribution in [0.5, 0.6) is 0 Å². The molecule has 2 N–H and O–H groups in total. The first-order chi connectivity index (χ1) is 32.0. The van der Waals surface area contributed by atoms with Crippen molar-refractivity contribution in [1.82, 2.24) is 4.90 Å². The van der Waals surface area contributed by atoms with Crippen LogP contribution in [0.2, 0.25) is 129 Å². The molecule has 0 saturated carbocycles. The van der Waals surface area contributed by atoms with Crippen molar-refractivity contribution in [2.45, 2.75) is 168 Å². The third-order valence-electron chi connectivity index (χ3n) is 10.1. The van der Waals surface area contributed by atoms with Gasteiger partial charge in [-0.05, 0) is 189 Å². The predicted molar refractivity (Wildman–Crippen MR) is 313 cm³/mol. The van der Waals surface area contributed by atoms with Crippen LogP contribution in [0.1, 0.15) is 39.5 Å². The molecule has 16 nitrogen and oxygen atoms in total. The summed E-state index contributed by atoms with van der Waals surface area (Å²) in [5, 5.41) is 16.8. The van der Waals surface area contributed by atoms with Gasteiger partial charge in [0, 0.05) is 24.4 Å². The molecule has 0 aliphatic carbocycles. The van der Waals surface area contributed by atoms with Crippen molar-refractivity contribution in [3.63, 3.8) is 0 Å². The molecule has 0 aromatic rings. The van der Waals surface area contributed by atoms with Gasteiger partial charge in [-0.3, -0.25) is 0 Å². The maximum atomic E-state index is 11.4. The van der Waals surface area contributed by atoms with Gasteiger partial charge in [0.05, 0.1) is 33.9 Å². The second-order valence-electron chi connectivity index (χ2n) is 23.4. The summed E-state index contributed by atoms with van der Waals surface area (Å²) in [5.41, 5.74) is 0.800. The fraction of sp³-hybridized carbons (Fsp3) is 0.870. The molecule has 0 rings (SSSR count). The number of ether oxygens (including phenoxy) is 4. The van der Waals surface area contributed by atoms with Crippen molar-refractivity contribution >= 4 is 91.1 Å². The topological polar surface area (TPSA) is 170 Å². The molecule has 0 aliphatic rings. The first-order valence-electron chi connectivity index (χ1n) is 25.3. The van der Waals surface area contributed by atoms with Gasteiger partial charge in [-0.25, -0.2) is 9.59 Å². The third kappa shape index (κ3) is 47.5. The quantitative estimate of drug-likeness (QED) is 0.0121. The monoisotopic (exact) mass is 1210 g/mol. The summed E-state index contributed by atoms with van der Waals surface area (Å²) in [6, 6.07) is 3.87. The number of carbonyl (C=O) groups excluding carboxylic acids is 2. The zero-order valence-corrected chi connectivity index (χ0v) is 59.1. The van der Waals surface area contributed by atoms with Crippen LogP contribution in [0.15, 0.2) is 24.3 Å². The molecule has 0 saturated heterocycles. The lowest BCUT2D eigenvalue weighted by Crippen LogP contribution is -3.00. The first-order valence-corrected chi connectivity index (χ1v) is 49.5. The summed E-state index contributed by atoms with van der Waals surface area (Å²) in [6.45, 7) is 50.3. The number of quaternary nitrogens is 1. The van der Waals surface area contributed by atoms with Gasteiger partial charge in [0.25, 0.3) is 0 Å². The molecule has 0 radical (unpaired) electrons. The average Bonchev–Trinajstić information content (AvgIpc) is 3.14. The molecule has 0 aromatic heterocycles. The third-order valence-corrected chi connectivity index (χ3v) is 40.9. The van der Waals surface area contributed by atoms with Crippen LogP contribution < -0.4 is 12.4 Å². The predicted octanol–water partition coefficient (Wildman–Crippen LogP) is 7.30. The molecule has 0 unspecified atom stereocenters. The van der Waals surface area contributed by atoms with E-state index < -0.39 is 67.5 Å². The second-order valence-corrected chi connectivity index (χ2v) is 55.9. The van der Waals surface area contributed by atoms with E-state index in [0.717, 1.165) is 62.9 Å². The molecule has 0 amide bonds. The van der Waals surface area contributed by atoms with Gasteiger partial charge < -0.3 is 75.6 Å². The van der Waals surface area contributed by atoms with Gasteiger partial charge in [0.2, 0.25) is 0 Å². The van der Waals surface area contributed by atoms with Crippen molar-refractivity contribution in [1.29, 1.82) is 0 Å². The van der Waals surface area contributed by atoms with Crippen LogP contribution >= 0.6 is 11.6 Å². The number of esters is 2. The van der Waals surface area contributed by atoms with Crippen molar-refractivity contribution in [2.24, 2.45) is 0 Å². The number of alkyl halides is 1. The number of nitrogens with zero attached hydrogens (tertiary/aromatic N) is 2. The lowest BCUT2D eigenvalue weighted by Gasteiger charge is -2.41. The number of aliphatic hydroxyl groups excluding tert-OH is 2. The van der Waals surface area contributed by atoms with Crippen LogP contribution in [-0.4, -0.2) is 193 Å². The maximum absolute atomic E-state index is 11.4. The molecule has 0 atom stereocenters. The summed E-state index contributed by atoms with van der Waals surface area (Å²) in [6.07, 6.45) is 4.01. The summed E-state index contributed by atoms with van der Waals surface area (Å²) >= 11 is 4.55. The molecule has 0 aromatic carbocycles. The Kier molecular flexibility index (Phi) is 40.7. The Morgan fingerprint density at radius 1 is 0.500 bits per heavy atom. The van der Waals surface area contributed by atoms with E-state index >= 15 is 0 Å². The molecule has 0 fully saturated rings. The summed E-state index contributed by atoms with van der Waals surface area (Å²) in [7, 11) is -8.52. The standard InChI is InChI=1S/C23H54NO7Si4.C22H51NO6Si4.CH3ClO.ClH/c1-22(2)23(26)28-18-17-27-16-14-20-33(7,8)30-35(11,12)31-34(9,10)29-32(5,6)19-13-15-24(3,4)21-25;1-21(2)22(24)26-18-17-25-16-14-20-31(7,8)28-33(11,12)29-32(9,10)27-30(5,6)19-13-15-23(3)4;2-1-3;/h25H,1,13-21H2,2-12H3;1,13-20H2,2-12H3;3H,1H2;1H/q+1;;;/p-1. The van der Waals surface area contributed by atoms with E-state index in [0.29, 0.717) is 42.1 Å². The van der Waals surface area contributed by atoms with Crippen LogP contribution in [0.4, 0.5) is 0 Å². The normalized spacial score (nSPS) is 13.1. The Morgan fingerprint density at radius 2 is 0.778 bits per heavy atom. The minimum Gasteiger partial charge on any atom is -1.00 e. The van der Waals surface area contributed by atoms with E-state index in [4.69, 9.17) is 48.7 Å². The van der Waals surface area contributed by atoms with Gasteiger partial charge in [-0.15, -0.1) is 0 Å². The smallest absolute Gasteiger partial charge is 0.333 e. The zero-order chi connectivity index (χ0) is 56.2. The van der Waals surface area contributed by atoms with Crippen LogP contribution in [-0.2, 0) is 53.2 Å².